The molecule has 0 spiro atoms. The number of thiophene rings is 4. The molecule has 0 N–H and O–H groups in total. The third-order valence-electron chi connectivity index (χ3n) is 4.76. The van der Waals surface area contributed by atoms with Gasteiger partial charge in [-0.25, -0.2) is 9.59 Å². The molecule has 0 fully saturated rings. The molecule has 0 aromatic carbocycles. The Balaban J connectivity index is 1.28. The fraction of sp³-hybridized carbons (Fsp3) is 0.250. The van der Waals surface area contributed by atoms with Gasteiger partial charge in [0.1, 0.15) is 13.2 Å². The lowest BCUT2D eigenvalue weighted by molar-refractivity contribution is 0.0551. The van der Waals surface area contributed by atoms with Gasteiger partial charge in [0.25, 0.3) is 0 Å². The van der Waals surface area contributed by atoms with Gasteiger partial charge in [0.05, 0.1) is 26.2 Å². The summed E-state index contributed by atoms with van der Waals surface area (Å²) in [6.07, 6.45) is -0.848. The Kier molecular flexibility index (Phi) is 9.14. The summed E-state index contributed by atoms with van der Waals surface area (Å²) in [4.78, 5) is 33.2. The van der Waals surface area contributed by atoms with Crippen LogP contribution in [0, 0.1) is 0 Å². The number of hydrogen-bond acceptors (Lipinski definition) is 8. The zero-order chi connectivity index (χ0) is 23.6. The molecule has 0 radical (unpaired) electrons. The second-order valence-electron chi connectivity index (χ2n) is 7.26. The smallest absolute Gasteiger partial charge is 0.410 e. The van der Waals surface area contributed by atoms with E-state index in [0.717, 1.165) is 19.5 Å². The number of hydrogen-bond donors (Lipinski definition) is 0. The van der Waals surface area contributed by atoms with Crippen molar-refractivity contribution in [3.05, 3.63) is 89.6 Å². The summed E-state index contributed by atoms with van der Waals surface area (Å²) >= 11 is 6.40. The van der Waals surface area contributed by atoms with Crippen molar-refractivity contribution in [1.82, 2.24) is 9.80 Å². The average Bonchev–Trinajstić information content (AvgIpc) is 3.64. The Bertz CT molecular complexity index is 947. The Morgan fingerprint density at radius 1 is 0.559 bits per heavy atom. The summed E-state index contributed by atoms with van der Waals surface area (Å²) in [7, 11) is 0. The summed E-state index contributed by atoms with van der Waals surface area (Å²) in [5, 5.41) is 7.95. The highest BCUT2D eigenvalue weighted by atomic mass is 32.1. The lowest BCUT2D eigenvalue weighted by atomic mass is 10.4. The molecule has 0 atom stereocenters. The molecule has 4 aromatic heterocycles. The maximum Gasteiger partial charge on any atom is 0.410 e. The van der Waals surface area contributed by atoms with Crippen LogP contribution in [0.1, 0.15) is 19.5 Å². The zero-order valence-corrected chi connectivity index (χ0v) is 21.6. The van der Waals surface area contributed by atoms with E-state index in [2.05, 4.69) is 0 Å². The number of amides is 2. The third-order valence-corrected chi connectivity index (χ3v) is 8.20. The molecule has 178 valence electrons. The van der Waals surface area contributed by atoms with Crippen LogP contribution in [0.15, 0.2) is 70.1 Å². The van der Waals surface area contributed by atoms with Crippen LogP contribution in [0.2, 0.25) is 0 Å². The van der Waals surface area contributed by atoms with E-state index in [1.807, 2.05) is 70.1 Å². The Labute approximate surface area is 214 Å². The van der Waals surface area contributed by atoms with Crippen molar-refractivity contribution in [2.24, 2.45) is 0 Å². The van der Waals surface area contributed by atoms with Gasteiger partial charge in [-0.2, -0.15) is 0 Å². The maximum atomic E-state index is 12.8. The third kappa shape index (κ3) is 7.42. The fourth-order valence-corrected chi connectivity index (χ4v) is 6.05. The van der Waals surface area contributed by atoms with Gasteiger partial charge in [0.2, 0.25) is 0 Å². The van der Waals surface area contributed by atoms with E-state index in [0.29, 0.717) is 26.2 Å². The zero-order valence-electron chi connectivity index (χ0n) is 18.3. The number of carbonyl (C=O) groups is 2. The van der Waals surface area contributed by atoms with Gasteiger partial charge < -0.3 is 9.47 Å². The second-order valence-corrected chi connectivity index (χ2v) is 11.4. The highest BCUT2D eigenvalue weighted by Crippen LogP contribution is 2.19. The molecule has 4 rings (SSSR count). The van der Waals surface area contributed by atoms with Crippen LogP contribution in [0.3, 0.4) is 0 Å². The van der Waals surface area contributed by atoms with Crippen molar-refractivity contribution in [2.45, 2.75) is 26.2 Å². The quantitative estimate of drug-likeness (QED) is 0.197. The van der Waals surface area contributed by atoms with Gasteiger partial charge in [-0.15, -0.1) is 45.3 Å². The van der Waals surface area contributed by atoms with Crippen molar-refractivity contribution in [3.63, 3.8) is 0 Å². The normalized spacial score (nSPS) is 10.7. The fourth-order valence-electron chi connectivity index (χ4n) is 3.17. The maximum absolute atomic E-state index is 12.8. The van der Waals surface area contributed by atoms with Gasteiger partial charge in [0.15, 0.2) is 0 Å². The molecule has 0 saturated carbocycles. The Hall–Kier alpha value is -2.66. The topological polar surface area (TPSA) is 59.1 Å². The van der Waals surface area contributed by atoms with Gasteiger partial charge >= 0.3 is 12.2 Å². The predicted molar refractivity (Wildman–Crippen MR) is 138 cm³/mol. The molecule has 0 bridgehead atoms. The Morgan fingerprint density at radius 3 is 1.09 bits per heavy atom. The molecule has 0 aliphatic rings. The molecule has 6 nitrogen and oxygen atoms in total. The van der Waals surface area contributed by atoms with Gasteiger partial charge in [-0.3, -0.25) is 9.80 Å². The van der Waals surface area contributed by atoms with Crippen LogP contribution in [0.5, 0.6) is 0 Å². The van der Waals surface area contributed by atoms with Crippen molar-refractivity contribution in [1.29, 1.82) is 0 Å². The molecule has 4 aromatic rings. The molecular weight excluding hydrogens is 509 g/mol. The van der Waals surface area contributed by atoms with E-state index >= 15 is 0 Å². The molecule has 0 unspecified atom stereocenters. The van der Waals surface area contributed by atoms with E-state index in [1.165, 1.54) is 0 Å². The van der Waals surface area contributed by atoms with Crippen LogP contribution < -0.4 is 0 Å². The van der Waals surface area contributed by atoms with Crippen molar-refractivity contribution in [3.8, 4) is 0 Å². The first kappa shape index (κ1) is 24.5. The van der Waals surface area contributed by atoms with E-state index in [9.17, 15) is 9.59 Å². The summed E-state index contributed by atoms with van der Waals surface area (Å²) in [5.74, 6) is 0. The number of ether oxygens (including phenoxy) is 2. The summed E-state index contributed by atoms with van der Waals surface area (Å²) in [6.45, 7) is 1.91. The van der Waals surface area contributed by atoms with Crippen LogP contribution >= 0.6 is 45.3 Å². The largest absolute Gasteiger partial charge is 0.446 e. The van der Waals surface area contributed by atoms with E-state index in [1.54, 1.807) is 55.1 Å². The molecule has 0 aliphatic heterocycles. The number of carbonyl (C=O) groups excluding carboxylic acids is 2. The van der Waals surface area contributed by atoms with Crippen LogP contribution in [0.4, 0.5) is 9.59 Å². The molecule has 2 amide bonds. The molecular formula is C24H24N2O4S4. The lowest BCUT2D eigenvalue weighted by Crippen LogP contribution is -2.33. The summed E-state index contributed by atoms with van der Waals surface area (Å²) in [6, 6.07) is 15.8. The van der Waals surface area contributed by atoms with Gasteiger partial charge in [-0.05, 0) is 45.8 Å². The van der Waals surface area contributed by atoms with Gasteiger partial charge in [-0.1, -0.05) is 24.3 Å². The predicted octanol–water partition coefficient (Wildman–Crippen LogP) is 6.91. The first-order valence-electron chi connectivity index (χ1n) is 10.6. The molecule has 4 heterocycles. The van der Waals surface area contributed by atoms with E-state index in [4.69, 9.17) is 9.47 Å². The van der Waals surface area contributed by atoms with Crippen molar-refractivity contribution >= 4 is 57.5 Å². The minimum Gasteiger partial charge on any atom is -0.446 e. The standard InChI is InChI=1S/C24H24N2O4S4/c27-23(25(15-19-5-1-11-31-19)16-20-6-2-12-32-20)29-9-10-30-24(28)26(17-21-7-3-13-33-21)18-22-8-4-14-34-22/h1-8,11-14H,9-10,15-18H2. The first-order chi connectivity index (χ1) is 16.7. The molecule has 0 saturated heterocycles. The second kappa shape index (κ2) is 12.7. The monoisotopic (exact) mass is 532 g/mol. The van der Waals surface area contributed by atoms with Crippen LogP contribution in [-0.2, 0) is 35.7 Å². The average molecular weight is 533 g/mol. The van der Waals surface area contributed by atoms with Crippen molar-refractivity contribution < 1.29 is 19.1 Å². The highest BCUT2D eigenvalue weighted by Gasteiger charge is 2.19. The number of nitrogens with zero attached hydrogens (tertiary/aromatic N) is 2. The lowest BCUT2D eigenvalue weighted by Gasteiger charge is -2.22. The summed E-state index contributed by atoms with van der Waals surface area (Å²) in [5.41, 5.74) is 0. The van der Waals surface area contributed by atoms with Crippen molar-refractivity contribution in [2.75, 3.05) is 13.2 Å². The molecule has 0 aliphatic carbocycles. The number of rotatable bonds is 11. The minimum absolute atomic E-state index is 0.00178. The summed E-state index contributed by atoms with van der Waals surface area (Å²) < 4.78 is 10.9. The molecule has 10 heteroatoms. The SMILES string of the molecule is O=C(OCCOC(=O)N(Cc1cccs1)Cc1cccs1)N(Cc1cccs1)Cc1cccs1. The highest BCUT2D eigenvalue weighted by molar-refractivity contribution is 7.10. The van der Waals surface area contributed by atoms with Gasteiger partial charge in [0, 0.05) is 19.5 Å². The van der Waals surface area contributed by atoms with Crippen LogP contribution in [-0.4, -0.2) is 35.2 Å². The van der Waals surface area contributed by atoms with E-state index in [-0.39, 0.29) is 13.2 Å². The van der Waals surface area contributed by atoms with E-state index < -0.39 is 12.2 Å². The first-order valence-corrected chi connectivity index (χ1v) is 14.1. The minimum atomic E-state index is -0.424. The molecule has 34 heavy (non-hydrogen) atoms. The Morgan fingerprint density at radius 2 is 0.853 bits per heavy atom. The van der Waals surface area contributed by atoms with Crippen LogP contribution in [0.25, 0.3) is 0 Å².